The first-order valence-electron chi connectivity index (χ1n) is 7.61. The number of methoxy groups -OCH3 is 1. The molecule has 1 amide bonds. The number of benzene rings is 1. The number of pyridine rings is 1. The molecule has 0 atom stereocenters. The minimum absolute atomic E-state index is 0.0692. The van der Waals surface area contributed by atoms with Gasteiger partial charge in [0.25, 0.3) is 5.56 Å². The Bertz CT molecular complexity index is 956. The van der Waals surface area contributed by atoms with Crippen LogP contribution in [0.2, 0.25) is 0 Å². The van der Waals surface area contributed by atoms with Crippen LogP contribution in [0.3, 0.4) is 0 Å². The maximum absolute atomic E-state index is 12.5. The fourth-order valence-electron chi connectivity index (χ4n) is 2.52. The van der Waals surface area contributed by atoms with Gasteiger partial charge >= 0.3 is 0 Å². The second-order valence-corrected chi connectivity index (χ2v) is 5.50. The zero-order valence-electron chi connectivity index (χ0n) is 14.2. The molecule has 8 heteroatoms. The van der Waals surface area contributed by atoms with Crippen LogP contribution in [0.1, 0.15) is 27.2 Å². The van der Waals surface area contributed by atoms with Crippen molar-refractivity contribution >= 4 is 17.6 Å². The van der Waals surface area contributed by atoms with Gasteiger partial charge in [-0.3, -0.25) is 9.59 Å². The minimum atomic E-state index is -1.43. The highest BCUT2D eigenvalue weighted by Gasteiger charge is 2.15. The van der Waals surface area contributed by atoms with E-state index in [1.165, 1.54) is 25.3 Å². The van der Waals surface area contributed by atoms with Crippen LogP contribution < -0.4 is 16.0 Å². The van der Waals surface area contributed by atoms with Gasteiger partial charge < -0.3 is 24.5 Å². The average Bonchev–Trinajstić information content (AvgIpc) is 2.59. The molecular weight excluding hydrogens is 338 g/mol. The molecule has 0 radical (unpaired) electrons. The minimum Gasteiger partial charge on any atom is -0.545 e. The number of hydrogen-bond donors (Lipinski definition) is 1. The molecule has 0 unspecified atom stereocenters. The van der Waals surface area contributed by atoms with Crippen LogP contribution in [0.25, 0.3) is 0 Å². The lowest BCUT2D eigenvalue weighted by Gasteiger charge is -2.15. The van der Waals surface area contributed by atoms with Crippen molar-refractivity contribution in [3.63, 3.8) is 0 Å². The molecule has 0 fully saturated rings. The number of aryl methyl sites for hydroxylation is 1. The number of hydrogen-bond acceptors (Lipinski definition) is 6. The molecule has 0 aliphatic rings. The molecule has 1 N–H and O–H groups in total. The summed E-state index contributed by atoms with van der Waals surface area (Å²) in [6, 6.07) is 9.22. The number of ether oxygens (including phenoxy) is 1. The Morgan fingerprint density at radius 1 is 1.35 bits per heavy atom. The number of carboxylic acid groups (broad SMARTS) is 1. The third-order valence-electron chi connectivity index (χ3n) is 3.72. The van der Waals surface area contributed by atoms with Crippen molar-refractivity contribution in [1.82, 2.24) is 4.57 Å². The monoisotopic (exact) mass is 354 g/mol. The summed E-state index contributed by atoms with van der Waals surface area (Å²) in [5, 5.41) is 22.7. The molecule has 0 spiro atoms. The number of aromatic carboxylic acids is 1. The number of carboxylic acids is 1. The van der Waals surface area contributed by atoms with E-state index in [9.17, 15) is 24.8 Å². The van der Waals surface area contributed by atoms with Crippen molar-refractivity contribution in [2.24, 2.45) is 0 Å². The first kappa shape index (κ1) is 18.9. The van der Waals surface area contributed by atoms with Crippen molar-refractivity contribution < 1.29 is 19.4 Å². The number of aromatic nitrogens is 1. The lowest BCUT2D eigenvalue weighted by molar-refractivity contribution is -0.254. The quantitative estimate of drug-likeness (QED) is 0.789. The van der Waals surface area contributed by atoms with Crippen LogP contribution in [-0.4, -0.2) is 23.6 Å². The van der Waals surface area contributed by atoms with Gasteiger partial charge in [-0.1, -0.05) is 18.2 Å². The SMILES string of the molecule is COCc1cc(C)n(CC(=O)Nc2ccccc2C(=O)[O-])c(=O)c1C#N. The van der Waals surface area contributed by atoms with Gasteiger partial charge in [0.05, 0.1) is 12.6 Å². The van der Waals surface area contributed by atoms with E-state index in [4.69, 9.17) is 4.74 Å². The van der Waals surface area contributed by atoms with E-state index in [1.807, 2.05) is 6.07 Å². The number of amides is 1. The second kappa shape index (κ2) is 8.09. The summed E-state index contributed by atoms with van der Waals surface area (Å²) in [6.45, 7) is 1.36. The summed E-state index contributed by atoms with van der Waals surface area (Å²) in [7, 11) is 1.45. The van der Waals surface area contributed by atoms with E-state index in [0.29, 0.717) is 11.3 Å². The maximum Gasteiger partial charge on any atom is 0.269 e. The zero-order valence-corrected chi connectivity index (χ0v) is 14.2. The number of nitriles is 1. The van der Waals surface area contributed by atoms with Crippen LogP contribution in [0, 0.1) is 18.3 Å². The van der Waals surface area contributed by atoms with E-state index in [1.54, 1.807) is 19.1 Å². The number of para-hydroxylation sites is 1. The van der Waals surface area contributed by atoms with E-state index >= 15 is 0 Å². The molecule has 0 saturated carbocycles. The van der Waals surface area contributed by atoms with Gasteiger partial charge in [0.1, 0.15) is 18.2 Å². The van der Waals surface area contributed by atoms with Crippen LogP contribution in [0.15, 0.2) is 35.1 Å². The number of carbonyl (C=O) groups excluding carboxylic acids is 2. The number of anilines is 1. The zero-order chi connectivity index (χ0) is 19.3. The van der Waals surface area contributed by atoms with E-state index in [0.717, 1.165) is 4.57 Å². The standard InChI is InChI=1S/C18H17N3O5/c1-11-7-12(10-26-2)14(8-19)17(23)21(11)9-16(22)20-15-6-4-3-5-13(15)18(24)25/h3-7H,9-10H2,1-2H3,(H,20,22)(H,24,25)/p-1. The van der Waals surface area contributed by atoms with Gasteiger partial charge in [0, 0.05) is 29.6 Å². The fraction of sp³-hybridized carbons (Fsp3) is 0.222. The van der Waals surface area contributed by atoms with Gasteiger partial charge in [0.2, 0.25) is 5.91 Å². The summed E-state index contributed by atoms with van der Waals surface area (Å²) < 4.78 is 6.12. The molecule has 0 aliphatic heterocycles. The predicted molar refractivity (Wildman–Crippen MR) is 90.3 cm³/mol. The van der Waals surface area contributed by atoms with Gasteiger partial charge in [-0.25, -0.2) is 0 Å². The Balaban J connectivity index is 2.32. The normalized spacial score (nSPS) is 10.2. The summed E-state index contributed by atoms with van der Waals surface area (Å²) in [4.78, 5) is 35.8. The molecule has 0 bridgehead atoms. The molecule has 26 heavy (non-hydrogen) atoms. The highest BCUT2D eigenvalue weighted by Crippen LogP contribution is 2.14. The number of nitrogens with zero attached hydrogens (tertiary/aromatic N) is 2. The van der Waals surface area contributed by atoms with Gasteiger partial charge in [-0.2, -0.15) is 5.26 Å². The molecule has 134 valence electrons. The summed E-state index contributed by atoms with van der Waals surface area (Å²) in [6.07, 6.45) is 0. The first-order chi connectivity index (χ1) is 12.4. The van der Waals surface area contributed by atoms with Crippen molar-refractivity contribution in [2.45, 2.75) is 20.1 Å². The number of nitrogens with one attached hydrogen (secondary N) is 1. The summed E-state index contributed by atoms with van der Waals surface area (Å²) in [5.41, 5.74) is 0.113. The maximum atomic E-state index is 12.5. The molecule has 8 nitrogen and oxygen atoms in total. The van der Waals surface area contributed by atoms with Crippen molar-refractivity contribution in [2.75, 3.05) is 12.4 Å². The molecule has 1 heterocycles. The van der Waals surface area contributed by atoms with Crippen LogP contribution in [0.4, 0.5) is 5.69 Å². The van der Waals surface area contributed by atoms with Crippen LogP contribution >= 0.6 is 0 Å². The lowest BCUT2D eigenvalue weighted by atomic mass is 10.1. The van der Waals surface area contributed by atoms with E-state index in [-0.39, 0.29) is 30.0 Å². The largest absolute Gasteiger partial charge is 0.545 e. The van der Waals surface area contributed by atoms with Crippen LogP contribution in [0.5, 0.6) is 0 Å². The Labute approximate surface area is 149 Å². The summed E-state index contributed by atoms with van der Waals surface area (Å²) in [5.74, 6) is -2.03. The Hall–Kier alpha value is -3.44. The number of rotatable bonds is 6. The van der Waals surface area contributed by atoms with Crippen LogP contribution in [-0.2, 0) is 22.7 Å². The molecule has 1 aromatic heterocycles. The Morgan fingerprint density at radius 3 is 2.65 bits per heavy atom. The molecule has 0 aliphatic carbocycles. The molecule has 0 saturated heterocycles. The fourth-order valence-corrected chi connectivity index (χ4v) is 2.52. The van der Waals surface area contributed by atoms with Crippen molar-refractivity contribution in [1.29, 1.82) is 5.26 Å². The third-order valence-corrected chi connectivity index (χ3v) is 3.72. The average molecular weight is 354 g/mol. The van der Waals surface area contributed by atoms with Crippen molar-refractivity contribution in [3.05, 3.63) is 63.1 Å². The Kier molecular flexibility index (Phi) is 5.88. The molecular formula is C18H16N3O5-. The van der Waals surface area contributed by atoms with Crippen molar-refractivity contribution in [3.8, 4) is 6.07 Å². The van der Waals surface area contributed by atoms with E-state index in [2.05, 4.69) is 5.32 Å². The molecule has 2 rings (SSSR count). The Morgan fingerprint density at radius 2 is 2.04 bits per heavy atom. The summed E-state index contributed by atoms with van der Waals surface area (Å²) >= 11 is 0. The highest BCUT2D eigenvalue weighted by atomic mass is 16.5. The topological polar surface area (TPSA) is 124 Å². The smallest absolute Gasteiger partial charge is 0.269 e. The first-order valence-corrected chi connectivity index (χ1v) is 7.61. The molecule has 1 aromatic carbocycles. The number of carbonyl (C=O) groups is 2. The lowest BCUT2D eigenvalue weighted by Crippen LogP contribution is -2.32. The van der Waals surface area contributed by atoms with E-state index < -0.39 is 17.4 Å². The third kappa shape index (κ3) is 3.96. The second-order valence-electron chi connectivity index (χ2n) is 5.50. The molecule has 2 aromatic rings. The van der Waals surface area contributed by atoms with Gasteiger partial charge in [-0.05, 0) is 19.1 Å². The van der Waals surface area contributed by atoms with Gasteiger partial charge in [0.15, 0.2) is 0 Å². The predicted octanol–water partition coefficient (Wildman–Crippen LogP) is 0.177. The van der Waals surface area contributed by atoms with Gasteiger partial charge in [-0.15, -0.1) is 0 Å². The highest BCUT2D eigenvalue weighted by molar-refractivity contribution is 5.99.